The minimum absolute atomic E-state index is 0.000371. The van der Waals surface area contributed by atoms with E-state index in [4.69, 9.17) is 9.47 Å². The number of likely N-dealkylation sites (tertiary alicyclic amines) is 1. The van der Waals surface area contributed by atoms with Gasteiger partial charge in [0.15, 0.2) is 0 Å². The van der Waals surface area contributed by atoms with Crippen LogP contribution in [0.2, 0.25) is 0 Å². The summed E-state index contributed by atoms with van der Waals surface area (Å²) < 4.78 is 72.8. The monoisotopic (exact) mass is 991 g/mol. The zero-order valence-corrected chi connectivity index (χ0v) is 41.4. The van der Waals surface area contributed by atoms with E-state index in [2.05, 4.69) is 15.6 Å². The molecule has 7 rings (SSSR count). The third-order valence-electron chi connectivity index (χ3n) is 13.5. The van der Waals surface area contributed by atoms with Crippen LogP contribution < -0.4 is 15.4 Å². The third-order valence-corrected chi connectivity index (χ3v) is 14.4. The summed E-state index contributed by atoms with van der Waals surface area (Å²) in [6.45, 7) is 7.36. The summed E-state index contributed by atoms with van der Waals surface area (Å²) >= 11 is 1.56. The number of carbonyl (C=O) groups excluding carboxylic acids is 3. The van der Waals surface area contributed by atoms with Crippen LogP contribution in [0.3, 0.4) is 0 Å². The summed E-state index contributed by atoms with van der Waals surface area (Å²) in [4.78, 5) is 48.6. The van der Waals surface area contributed by atoms with Crippen molar-refractivity contribution in [1.82, 2.24) is 25.4 Å². The standard InChI is InChI=1S/C53H65F4N5O7S/c1-32-21-40-39-14-10-9-13-36(39)22-41(40)47(62(32)29-53(56,57)30-63)46-42(54)24-38(25-43(46)55)69-20-12-8-6-7-11-19-68-28-45(65)60-49(52(3,4)5)51(67)61-27-37(64)23-44(61)50(66)58-26-34-15-17-35(18-16-34)48-33(2)59-31-70-48/h9-10,13-18,24-25,31-32,37,44,47,49,63-64H,6-8,11-12,19-23,26-30H2,1-5H3,(H,58,66)(H,60,65)/t32-,37-,44+,47+,49-/m1/s1. The van der Waals surface area contributed by atoms with Crippen LogP contribution in [0.1, 0.15) is 107 Å². The number of aryl methyl sites for hydroxylation is 1. The molecule has 0 unspecified atom stereocenters. The Labute approximate surface area is 411 Å². The Morgan fingerprint density at radius 1 is 0.971 bits per heavy atom. The highest BCUT2D eigenvalue weighted by molar-refractivity contribution is 7.13. The van der Waals surface area contributed by atoms with Gasteiger partial charge in [-0.3, -0.25) is 19.3 Å². The number of fused-ring (bicyclic) bond motifs is 2. The molecule has 4 N–H and O–H groups in total. The topological polar surface area (TPSA) is 154 Å². The van der Waals surface area contributed by atoms with E-state index in [0.717, 1.165) is 69.8 Å². The van der Waals surface area contributed by atoms with Crippen molar-refractivity contribution in [2.75, 3.05) is 39.5 Å². The first-order valence-corrected chi connectivity index (χ1v) is 25.0. The molecule has 12 nitrogen and oxygen atoms in total. The predicted molar refractivity (Wildman–Crippen MR) is 260 cm³/mol. The molecule has 4 aromatic rings. The Morgan fingerprint density at radius 3 is 2.33 bits per heavy atom. The molecule has 3 aliphatic rings. The molecule has 0 radical (unpaired) electrons. The fourth-order valence-corrected chi connectivity index (χ4v) is 10.6. The molecule has 0 bridgehead atoms. The molecule has 70 heavy (non-hydrogen) atoms. The number of hydrogen-bond donors (Lipinski definition) is 4. The van der Waals surface area contributed by atoms with Gasteiger partial charge in [0, 0.05) is 49.9 Å². The highest BCUT2D eigenvalue weighted by Crippen LogP contribution is 2.50. The van der Waals surface area contributed by atoms with Gasteiger partial charge in [-0.2, -0.15) is 0 Å². The number of hydrogen-bond acceptors (Lipinski definition) is 10. The van der Waals surface area contributed by atoms with Crippen LogP contribution in [0.4, 0.5) is 17.6 Å². The molecule has 1 fully saturated rings. The minimum atomic E-state index is -3.47. The van der Waals surface area contributed by atoms with Gasteiger partial charge in [-0.25, -0.2) is 22.5 Å². The zero-order chi connectivity index (χ0) is 50.3. The first-order valence-electron chi connectivity index (χ1n) is 24.1. The number of rotatable bonds is 21. The van der Waals surface area contributed by atoms with Gasteiger partial charge in [-0.05, 0) is 78.3 Å². The van der Waals surface area contributed by atoms with Gasteiger partial charge in [0.2, 0.25) is 17.7 Å². The molecule has 3 heterocycles. The van der Waals surface area contributed by atoms with E-state index in [1.54, 1.807) is 23.8 Å². The summed E-state index contributed by atoms with van der Waals surface area (Å²) in [5.74, 6) is -6.58. The quantitative estimate of drug-likeness (QED) is 0.0477. The third kappa shape index (κ3) is 12.6. The van der Waals surface area contributed by atoms with Crippen LogP contribution in [0.5, 0.6) is 5.75 Å². The first kappa shape index (κ1) is 52.6. The number of aliphatic hydroxyl groups is 2. The molecule has 1 aliphatic carbocycles. The Morgan fingerprint density at radius 2 is 1.66 bits per heavy atom. The Balaban J connectivity index is 0.826. The second kappa shape index (κ2) is 22.9. The highest BCUT2D eigenvalue weighted by atomic mass is 32.1. The smallest absolute Gasteiger partial charge is 0.283 e. The van der Waals surface area contributed by atoms with E-state index in [1.165, 1.54) is 9.80 Å². The fraction of sp³-hybridized carbons (Fsp3) is 0.509. The van der Waals surface area contributed by atoms with Gasteiger partial charge < -0.3 is 35.2 Å². The molecular formula is C53H65F4N5O7S. The summed E-state index contributed by atoms with van der Waals surface area (Å²) in [5.41, 5.74) is 7.17. The molecule has 17 heteroatoms. The van der Waals surface area contributed by atoms with Crippen molar-refractivity contribution >= 4 is 34.6 Å². The van der Waals surface area contributed by atoms with Crippen LogP contribution in [0.25, 0.3) is 16.0 Å². The van der Waals surface area contributed by atoms with Crippen LogP contribution in [0.15, 0.2) is 71.7 Å². The number of β-amino-alcohol motifs (C(OH)–C–C–N with tert-alkyl or cyclic N) is 1. The van der Waals surface area contributed by atoms with E-state index >= 15 is 8.78 Å². The van der Waals surface area contributed by atoms with Gasteiger partial charge in [0.25, 0.3) is 5.92 Å². The number of halogens is 4. The Kier molecular flexibility index (Phi) is 17.2. The summed E-state index contributed by atoms with van der Waals surface area (Å²) in [5, 5.41) is 25.7. The van der Waals surface area contributed by atoms with Crippen molar-refractivity contribution in [1.29, 1.82) is 0 Å². The van der Waals surface area contributed by atoms with Crippen LogP contribution in [0, 0.1) is 24.0 Å². The lowest BCUT2D eigenvalue weighted by molar-refractivity contribution is -0.144. The number of nitrogens with zero attached hydrogens (tertiary/aromatic N) is 3. The molecule has 378 valence electrons. The number of aromatic nitrogens is 1. The minimum Gasteiger partial charge on any atom is -0.493 e. The molecule has 3 amide bonds. The summed E-state index contributed by atoms with van der Waals surface area (Å²) in [7, 11) is 0. The van der Waals surface area contributed by atoms with Crippen molar-refractivity contribution in [3.63, 3.8) is 0 Å². The zero-order valence-electron chi connectivity index (χ0n) is 40.5. The van der Waals surface area contributed by atoms with Crippen molar-refractivity contribution in [2.24, 2.45) is 5.41 Å². The fourth-order valence-electron chi connectivity index (χ4n) is 9.81. The van der Waals surface area contributed by atoms with Gasteiger partial charge in [-0.1, -0.05) is 88.6 Å². The lowest BCUT2D eigenvalue weighted by Crippen LogP contribution is -2.58. The van der Waals surface area contributed by atoms with E-state index in [9.17, 15) is 33.4 Å². The lowest BCUT2D eigenvalue weighted by atomic mass is 9.84. The molecule has 0 spiro atoms. The molecule has 1 saturated heterocycles. The van der Waals surface area contributed by atoms with Gasteiger partial charge in [0.05, 0.1) is 41.4 Å². The van der Waals surface area contributed by atoms with Crippen molar-refractivity contribution in [2.45, 2.75) is 129 Å². The SMILES string of the molecule is Cc1ncsc1-c1ccc(CNC(=O)[C@@H]2C[C@@H](O)CN2C(=O)[C@@H](NC(=O)COCCCCCCCOc2cc(F)c([C@@H]3C4=C(C[C@@H](C)N3CC(F)(F)CO)c3ccccc3C4)c(F)c2)C(C)(C)C)cc1. The second-order valence-corrected chi connectivity index (χ2v) is 20.7. The number of nitrogens with one attached hydrogen (secondary N) is 2. The maximum absolute atomic E-state index is 16.0. The molecule has 5 atom stereocenters. The molecule has 2 aliphatic heterocycles. The largest absolute Gasteiger partial charge is 0.493 e. The van der Waals surface area contributed by atoms with Crippen LogP contribution in [-0.4, -0.2) is 112 Å². The van der Waals surface area contributed by atoms with E-state index in [0.29, 0.717) is 37.9 Å². The number of thiazole rings is 1. The van der Waals surface area contributed by atoms with Gasteiger partial charge >= 0.3 is 0 Å². The second-order valence-electron chi connectivity index (χ2n) is 19.9. The number of unbranched alkanes of at least 4 members (excludes halogenated alkanes) is 4. The van der Waals surface area contributed by atoms with Crippen LogP contribution in [-0.2, 0) is 32.1 Å². The highest BCUT2D eigenvalue weighted by Gasteiger charge is 2.46. The van der Waals surface area contributed by atoms with Crippen molar-refractivity contribution in [3.05, 3.63) is 111 Å². The predicted octanol–water partition coefficient (Wildman–Crippen LogP) is 8.32. The van der Waals surface area contributed by atoms with E-state index < -0.39 is 84.1 Å². The number of carbonyl (C=O) groups is 3. The van der Waals surface area contributed by atoms with Gasteiger partial charge in [0.1, 0.15) is 42.7 Å². The number of ether oxygens (including phenoxy) is 2. The molecule has 1 aromatic heterocycles. The van der Waals surface area contributed by atoms with E-state index in [1.807, 2.05) is 76.2 Å². The number of alkyl halides is 2. The molecular weight excluding hydrogens is 927 g/mol. The number of benzene rings is 3. The van der Waals surface area contributed by atoms with E-state index in [-0.39, 0.29) is 44.0 Å². The summed E-state index contributed by atoms with van der Waals surface area (Å²) in [6, 6.07) is 14.2. The van der Waals surface area contributed by atoms with Crippen molar-refractivity contribution in [3.8, 4) is 16.2 Å². The number of aliphatic hydroxyl groups excluding tert-OH is 2. The number of amides is 3. The first-order chi connectivity index (χ1) is 33.3. The Hall–Kier alpha value is -5.20. The van der Waals surface area contributed by atoms with Crippen molar-refractivity contribution < 1.29 is 51.6 Å². The maximum Gasteiger partial charge on any atom is 0.283 e. The Bertz CT molecular complexity index is 2490. The lowest BCUT2D eigenvalue weighted by Gasteiger charge is -2.43. The normalized spacial score (nSPS) is 19.8. The average Bonchev–Trinajstić information content (AvgIpc) is 4.04. The molecule has 3 aromatic carbocycles. The maximum atomic E-state index is 16.0. The molecule has 0 saturated carbocycles. The van der Waals surface area contributed by atoms with Crippen LogP contribution >= 0.6 is 11.3 Å². The van der Waals surface area contributed by atoms with Gasteiger partial charge in [-0.15, -0.1) is 11.3 Å². The average molecular weight is 992 g/mol. The summed E-state index contributed by atoms with van der Waals surface area (Å²) in [6.07, 6.45) is 3.62.